The van der Waals surface area contributed by atoms with Crippen molar-refractivity contribution < 1.29 is 9.90 Å². The lowest BCUT2D eigenvalue weighted by Gasteiger charge is -1.96. The third-order valence-electron chi connectivity index (χ3n) is 3.74. The number of hydrogen-bond acceptors (Lipinski definition) is 5. The molecule has 0 spiro atoms. The summed E-state index contributed by atoms with van der Waals surface area (Å²) in [4.78, 5) is 22.1. The lowest BCUT2D eigenvalue weighted by atomic mass is 10.1. The largest absolute Gasteiger partial charge is 0.494 e. The third-order valence-corrected chi connectivity index (χ3v) is 7.11. The first-order valence-electron chi connectivity index (χ1n) is 6.82. The minimum absolute atomic E-state index is 0.000583. The molecule has 5 heterocycles. The van der Waals surface area contributed by atoms with Gasteiger partial charge >= 0.3 is 0 Å². The van der Waals surface area contributed by atoms with E-state index >= 15 is 0 Å². The van der Waals surface area contributed by atoms with Gasteiger partial charge in [-0.15, -0.1) is 34.0 Å². The van der Waals surface area contributed by atoms with E-state index in [1.54, 1.807) is 34.0 Å². The van der Waals surface area contributed by atoms with Crippen molar-refractivity contribution in [3.63, 3.8) is 0 Å². The number of amides is 1. The summed E-state index contributed by atoms with van der Waals surface area (Å²) >= 11 is 5.06. The molecule has 0 atom stereocenters. The molecule has 2 N–H and O–H groups in total. The lowest BCUT2D eigenvalue weighted by molar-refractivity contribution is 0.101. The number of nitrogens with zero attached hydrogens (tertiary/aromatic N) is 1. The Morgan fingerprint density at radius 2 is 1.87 bits per heavy atom. The van der Waals surface area contributed by atoms with E-state index in [2.05, 4.69) is 33.6 Å². The number of aromatic nitrogens is 1. The molecule has 1 amide bonds. The van der Waals surface area contributed by atoms with Gasteiger partial charge in [-0.05, 0) is 23.6 Å². The van der Waals surface area contributed by atoms with Crippen LogP contribution in [0, 0.1) is 0 Å². The molecule has 4 aromatic rings. The Morgan fingerprint density at radius 3 is 2.65 bits per heavy atom. The van der Waals surface area contributed by atoms with Gasteiger partial charge in [-0.2, -0.15) is 0 Å². The van der Waals surface area contributed by atoms with Crippen molar-refractivity contribution in [1.82, 2.24) is 4.98 Å². The monoisotopic (exact) mass is 356 g/mol. The molecule has 5 rings (SSSR count). The minimum atomic E-state index is -0.303. The Morgan fingerprint density at radius 1 is 1.09 bits per heavy atom. The summed E-state index contributed by atoms with van der Waals surface area (Å²) in [6.45, 7) is 0. The number of thiophene rings is 3. The summed E-state index contributed by atoms with van der Waals surface area (Å²) < 4.78 is 2.35. The molecular weight excluding hydrogens is 348 g/mol. The summed E-state index contributed by atoms with van der Waals surface area (Å²) in [6, 6.07) is 8.39. The second-order valence-corrected chi connectivity index (χ2v) is 8.23. The van der Waals surface area contributed by atoms with E-state index in [-0.39, 0.29) is 11.8 Å². The van der Waals surface area contributed by atoms with Gasteiger partial charge in [0.25, 0.3) is 5.91 Å². The number of H-pyrrole nitrogens is 1. The summed E-state index contributed by atoms with van der Waals surface area (Å²) in [7, 11) is 0. The van der Waals surface area contributed by atoms with E-state index in [9.17, 15) is 9.90 Å². The Hall–Kier alpha value is -2.22. The van der Waals surface area contributed by atoms with Crippen molar-refractivity contribution in [3.05, 3.63) is 51.8 Å². The molecule has 0 bridgehead atoms. The number of aliphatic imine (C=N–C) groups is 1. The zero-order valence-corrected chi connectivity index (χ0v) is 13.9. The first-order chi connectivity index (χ1) is 11.2. The van der Waals surface area contributed by atoms with Gasteiger partial charge < -0.3 is 10.1 Å². The molecule has 0 unspecified atom stereocenters. The van der Waals surface area contributed by atoms with Crippen LogP contribution in [0.25, 0.3) is 19.2 Å². The van der Waals surface area contributed by atoms with Crippen LogP contribution in [0.15, 0.2) is 40.8 Å². The maximum absolute atomic E-state index is 11.9. The second kappa shape index (κ2) is 4.64. The lowest BCUT2D eigenvalue weighted by Crippen LogP contribution is -1.96. The number of aromatic amines is 1. The van der Waals surface area contributed by atoms with Crippen LogP contribution in [-0.4, -0.2) is 21.7 Å². The minimum Gasteiger partial charge on any atom is -0.494 e. The highest BCUT2D eigenvalue weighted by molar-refractivity contribution is 7.31. The molecule has 7 heteroatoms. The Bertz CT molecular complexity index is 1060. The highest BCUT2D eigenvalue weighted by Gasteiger charge is 2.30. The van der Waals surface area contributed by atoms with E-state index in [1.807, 2.05) is 6.07 Å². The van der Waals surface area contributed by atoms with Gasteiger partial charge in [0, 0.05) is 25.4 Å². The summed E-state index contributed by atoms with van der Waals surface area (Å²) in [6.07, 6.45) is 1.51. The number of hydrogen-bond donors (Lipinski definition) is 2. The van der Waals surface area contributed by atoms with E-state index in [4.69, 9.17) is 0 Å². The number of aromatic hydroxyl groups is 1. The molecule has 112 valence electrons. The average Bonchev–Trinajstić information content (AvgIpc) is 3.27. The second-order valence-electron chi connectivity index (χ2n) is 5.12. The summed E-state index contributed by atoms with van der Waals surface area (Å²) in [5.41, 5.74) is 1.52. The van der Waals surface area contributed by atoms with Crippen LogP contribution in [0.3, 0.4) is 0 Å². The Labute approximate surface area is 142 Å². The van der Waals surface area contributed by atoms with E-state index in [0.29, 0.717) is 16.8 Å². The third kappa shape index (κ3) is 1.87. The first-order valence-corrected chi connectivity index (χ1v) is 9.33. The molecule has 0 saturated heterocycles. The van der Waals surface area contributed by atoms with Crippen molar-refractivity contribution in [2.24, 2.45) is 4.99 Å². The molecule has 23 heavy (non-hydrogen) atoms. The van der Waals surface area contributed by atoms with E-state index in [0.717, 1.165) is 4.88 Å². The molecule has 0 aliphatic carbocycles. The van der Waals surface area contributed by atoms with E-state index < -0.39 is 0 Å². The fraction of sp³-hybridized carbons (Fsp3) is 0. The molecule has 4 nitrogen and oxygen atoms in total. The van der Waals surface area contributed by atoms with Crippen LogP contribution < -0.4 is 0 Å². The van der Waals surface area contributed by atoms with Crippen LogP contribution in [0.1, 0.15) is 20.8 Å². The van der Waals surface area contributed by atoms with Gasteiger partial charge in [-0.1, -0.05) is 6.07 Å². The maximum atomic E-state index is 11.9. The van der Waals surface area contributed by atoms with Gasteiger partial charge in [-0.25, -0.2) is 4.99 Å². The first kappa shape index (κ1) is 13.2. The topological polar surface area (TPSA) is 65.5 Å². The van der Waals surface area contributed by atoms with Gasteiger partial charge in [0.05, 0.1) is 21.7 Å². The SMILES string of the molecule is O=C1N=C(c2cc3sc(-c4cccs4)cc3s2)c2c1c[nH]c2O. The van der Waals surface area contributed by atoms with Crippen LogP contribution in [0.4, 0.5) is 0 Å². The fourth-order valence-electron chi connectivity index (χ4n) is 2.71. The van der Waals surface area contributed by atoms with Gasteiger partial charge in [-0.3, -0.25) is 4.79 Å². The van der Waals surface area contributed by atoms with Gasteiger partial charge in [0.2, 0.25) is 0 Å². The average molecular weight is 356 g/mol. The smallest absolute Gasteiger partial charge is 0.279 e. The number of carbonyl (C=O) groups is 1. The van der Waals surface area contributed by atoms with Crippen LogP contribution >= 0.6 is 34.0 Å². The number of rotatable bonds is 2. The van der Waals surface area contributed by atoms with Crippen molar-refractivity contribution in [2.75, 3.05) is 0 Å². The van der Waals surface area contributed by atoms with Crippen molar-refractivity contribution in [2.45, 2.75) is 0 Å². The molecular formula is C16H8N2O2S3. The standard InChI is InChI=1S/C16H8N2O2S3/c19-15-7-6-17-16(20)13(7)14(18-15)12-5-11-10(23-12)4-9(22-11)8-2-1-3-21-8/h1-6,17,20H. The van der Waals surface area contributed by atoms with Crippen LogP contribution in [0.5, 0.6) is 5.88 Å². The maximum Gasteiger partial charge on any atom is 0.279 e. The zero-order chi connectivity index (χ0) is 15.6. The Balaban J connectivity index is 1.62. The van der Waals surface area contributed by atoms with Crippen LogP contribution in [-0.2, 0) is 0 Å². The van der Waals surface area contributed by atoms with Gasteiger partial charge in [0.1, 0.15) is 0 Å². The normalized spacial score (nSPS) is 13.7. The highest BCUT2D eigenvalue weighted by Crippen LogP contribution is 2.41. The molecule has 0 aromatic carbocycles. The predicted octanol–water partition coefficient (Wildman–Crippen LogP) is 4.72. The van der Waals surface area contributed by atoms with Gasteiger partial charge in [0.15, 0.2) is 5.88 Å². The van der Waals surface area contributed by atoms with Crippen molar-refractivity contribution in [3.8, 4) is 15.6 Å². The fourth-order valence-corrected chi connectivity index (χ4v) is 5.93. The molecule has 1 aliphatic rings. The summed E-state index contributed by atoms with van der Waals surface area (Å²) in [5, 5.41) is 12.0. The highest BCUT2D eigenvalue weighted by atomic mass is 32.1. The van der Waals surface area contributed by atoms with Crippen molar-refractivity contribution >= 4 is 55.0 Å². The molecule has 4 aromatic heterocycles. The zero-order valence-electron chi connectivity index (χ0n) is 11.5. The number of fused-ring (bicyclic) bond motifs is 2. The molecule has 1 aliphatic heterocycles. The molecule has 0 fully saturated rings. The Kier molecular flexibility index (Phi) is 2.67. The van der Waals surface area contributed by atoms with E-state index in [1.165, 1.54) is 25.4 Å². The molecule has 0 radical (unpaired) electrons. The summed E-state index contributed by atoms with van der Waals surface area (Å²) in [5.74, 6) is -0.303. The van der Waals surface area contributed by atoms with Crippen LogP contribution in [0.2, 0.25) is 0 Å². The number of carbonyl (C=O) groups excluding carboxylic acids is 1. The quantitative estimate of drug-likeness (QED) is 0.546. The van der Waals surface area contributed by atoms with Crippen molar-refractivity contribution in [1.29, 1.82) is 0 Å². The number of nitrogens with one attached hydrogen (secondary N) is 1. The molecule has 0 saturated carbocycles. The predicted molar refractivity (Wildman–Crippen MR) is 95.4 cm³/mol.